The quantitative estimate of drug-likeness (QED) is 0.835. The summed E-state index contributed by atoms with van der Waals surface area (Å²) in [6, 6.07) is 2.03. The van der Waals surface area contributed by atoms with Crippen LogP contribution in [0.2, 0.25) is 0 Å². The van der Waals surface area contributed by atoms with Crippen molar-refractivity contribution >= 4 is 11.7 Å². The van der Waals surface area contributed by atoms with Crippen LogP contribution < -0.4 is 20.1 Å². The van der Waals surface area contributed by atoms with Gasteiger partial charge in [-0.2, -0.15) is 9.97 Å². The fourth-order valence-electron chi connectivity index (χ4n) is 2.52. The van der Waals surface area contributed by atoms with Gasteiger partial charge in [0, 0.05) is 38.3 Å². The van der Waals surface area contributed by atoms with Crippen LogP contribution in [0.5, 0.6) is 11.9 Å². The number of carbonyl (C=O) groups excluding carboxylic acids is 1. The van der Waals surface area contributed by atoms with Gasteiger partial charge in [-0.15, -0.1) is 0 Å². The number of anilines is 1. The zero-order valence-electron chi connectivity index (χ0n) is 13.0. The number of hydrogen-bond acceptors (Lipinski definition) is 7. The summed E-state index contributed by atoms with van der Waals surface area (Å²) in [7, 11) is 3.07. The van der Waals surface area contributed by atoms with Crippen LogP contribution >= 0.6 is 0 Å². The highest BCUT2D eigenvalue weighted by Gasteiger charge is 2.20. The van der Waals surface area contributed by atoms with Crippen molar-refractivity contribution in [3.63, 3.8) is 0 Å². The minimum absolute atomic E-state index is 0.261. The number of hydrogen-bond donors (Lipinski definition) is 1. The molecule has 1 aliphatic heterocycles. The van der Waals surface area contributed by atoms with E-state index in [1.165, 1.54) is 7.11 Å². The smallest absolute Gasteiger partial charge is 0.321 e. The molecule has 0 aliphatic carbocycles. The Hall–Kier alpha value is -2.84. The molecule has 122 valence electrons. The first-order valence-electron chi connectivity index (χ1n) is 7.18. The molecule has 0 unspecified atom stereocenters. The van der Waals surface area contributed by atoms with E-state index < -0.39 is 5.91 Å². The van der Waals surface area contributed by atoms with Crippen molar-refractivity contribution in [2.45, 2.75) is 13.0 Å². The number of methoxy groups -OCH3 is 2. The summed E-state index contributed by atoms with van der Waals surface area (Å²) < 4.78 is 12.2. The van der Waals surface area contributed by atoms with Gasteiger partial charge in [-0.3, -0.25) is 4.79 Å². The molecule has 0 aromatic carbocycles. The molecule has 3 heterocycles. The molecule has 0 fully saturated rings. The largest absolute Gasteiger partial charge is 0.481 e. The number of rotatable bonds is 4. The lowest BCUT2D eigenvalue weighted by atomic mass is 10.3. The normalized spacial score (nSPS) is 14.1. The predicted octanol–water partition coefficient (Wildman–Crippen LogP) is -0.148. The summed E-state index contributed by atoms with van der Waals surface area (Å²) in [6.45, 7) is 2.10. The molecule has 0 radical (unpaired) electrons. The maximum atomic E-state index is 11.2. The molecule has 0 spiro atoms. The van der Waals surface area contributed by atoms with Crippen LogP contribution in [-0.2, 0) is 13.0 Å². The fourth-order valence-corrected chi connectivity index (χ4v) is 2.52. The molecule has 2 aromatic rings. The number of fused-ring (bicyclic) bond motifs is 1. The Morgan fingerprint density at radius 1 is 1.17 bits per heavy atom. The van der Waals surface area contributed by atoms with Crippen LogP contribution in [0, 0.1) is 0 Å². The van der Waals surface area contributed by atoms with E-state index in [0.29, 0.717) is 37.6 Å². The molecule has 2 aromatic heterocycles. The standard InChI is InChI=1S/C14H18N6O3/c1-22-12-7-11(17-14(18-12)23-2)19-4-3-10-16-9(13(15)21)8-20(10)6-5-19/h7-8H,3-6H2,1-2H3,(H2,15,21). The van der Waals surface area contributed by atoms with Crippen LogP contribution in [-0.4, -0.2) is 52.7 Å². The van der Waals surface area contributed by atoms with E-state index >= 15 is 0 Å². The van der Waals surface area contributed by atoms with Gasteiger partial charge >= 0.3 is 6.01 Å². The van der Waals surface area contributed by atoms with Crippen molar-refractivity contribution in [3.05, 3.63) is 23.8 Å². The van der Waals surface area contributed by atoms with Gasteiger partial charge < -0.3 is 24.7 Å². The van der Waals surface area contributed by atoms with Crippen molar-refractivity contribution < 1.29 is 14.3 Å². The SMILES string of the molecule is COc1cc(N2CCc3nc(C(N)=O)cn3CC2)nc(OC)n1. The van der Waals surface area contributed by atoms with Gasteiger partial charge in [0.05, 0.1) is 14.2 Å². The van der Waals surface area contributed by atoms with Crippen molar-refractivity contribution in [1.29, 1.82) is 0 Å². The van der Waals surface area contributed by atoms with Gasteiger partial charge in [-0.05, 0) is 0 Å². The van der Waals surface area contributed by atoms with Crippen LogP contribution in [0.4, 0.5) is 5.82 Å². The lowest BCUT2D eigenvalue weighted by molar-refractivity contribution is 0.0996. The van der Waals surface area contributed by atoms with E-state index in [-0.39, 0.29) is 6.01 Å². The van der Waals surface area contributed by atoms with E-state index in [4.69, 9.17) is 15.2 Å². The second-order valence-corrected chi connectivity index (χ2v) is 5.09. The van der Waals surface area contributed by atoms with E-state index in [9.17, 15) is 4.79 Å². The molecule has 0 bridgehead atoms. The predicted molar refractivity (Wildman–Crippen MR) is 81.8 cm³/mol. The van der Waals surface area contributed by atoms with Crippen LogP contribution in [0.15, 0.2) is 12.3 Å². The fraction of sp³-hybridized carbons (Fsp3) is 0.429. The van der Waals surface area contributed by atoms with E-state index in [0.717, 1.165) is 11.6 Å². The lowest BCUT2D eigenvalue weighted by Crippen LogP contribution is -2.27. The highest BCUT2D eigenvalue weighted by molar-refractivity contribution is 5.90. The number of primary amides is 1. The molecule has 0 saturated carbocycles. The Labute approximate surface area is 133 Å². The highest BCUT2D eigenvalue weighted by atomic mass is 16.5. The molecule has 0 saturated heterocycles. The molecule has 2 N–H and O–H groups in total. The molecular formula is C14H18N6O3. The van der Waals surface area contributed by atoms with Gasteiger partial charge in [0.1, 0.15) is 17.3 Å². The summed E-state index contributed by atoms with van der Waals surface area (Å²) in [5.74, 6) is 1.52. The number of nitrogens with zero attached hydrogens (tertiary/aromatic N) is 5. The minimum Gasteiger partial charge on any atom is -0.481 e. The molecular weight excluding hydrogens is 300 g/mol. The molecule has 23 heavy (non-hydrogen) atoms. The van der Waals surface area contributed by atoms with Crippen molar-refractivity contribution in [2.75, 3.05) is 32.2 Å². The Kier molecular flexibility index (Phi) is 4.00. The Morgan fingerprint density at radius 2 is 2.00 bits per heavy atom. The summed E-state index contributed by atoms with van der Waals surface area (Å²) >= 11 is 0. The molecule has 3 rings (SSSR count). The third-order valence-corrected chi connectivity index (χ3v) is 3.71. The van der Waals surface area contributed by atoms with Gasteiger partial charge in [0.2, 0.25) is 5.88 Å². The number of amides is 1. The second-order valence-electron chi connectivity index (χ2n) is 5.09. The zero-order valence-corrected chi connectivity index (χ0v) is 13.0. The summed E-state index contributed by atoms with van der Waals surface area (Å²) in [6.07, 6.45) is 2.38. The molecule has 1 aliphatic rings. The first-order chi connectivity index (χ1) is 11.1. The second kappa shape index (κ2) is 6.11. The summed E-state index contributed by atoms with van der Waals surface area (Å²) in [5.41, 5.74) is 5.58. The van der Waals surface area contributed by atoms with Crippen molar-refractivity contribution in [2.24, 2.45) is 5.73 Å². The van der Waals surface area contributed by atoms with E-state index in [1.54, 1.807) is 19.4 Å². The average Bonchev–Trinajstić information content (AvgIpc) is 2.88. The summed E-state index contributed by atoms with van der Waals surface area (Å²) in [4.78, 5) is 26.1. The van der Waals surface area contributed by atoms with Crippen LogP contribution in [0.3, 0.4) is 0 Å². The Morgan fingerprint density at radius 3 is 2.70 bits per heavy atom. The van der Waals surface area contributed by atoms with Crippen molar-refractivity contribution in [1.82, 2.24) is 19.5 Å². The highest BCUT2D eigenvalue weighted by Crippen LogP contribution is 2.22. The van der Waals surface area contributed by atoms with Crippen LogP contribution in [0.1, 0.15) is 16.3 Å². The van der Waals surface area contributed by atoms with Gasteiger partial charge in [0.15, 0.2) is 0 Å². The van der Waals surface area contributed by atoms with Crippen LogP contribution in [0.25, 0.3) is 0 Å². The lowest BCUT2D eigenvalue weighted by Gasteiger charge is -2.21. The molecule has 0 atom stereocenters. The van der Waals surface area contributed by atoms with Gasteiger partial charge in [-0.25, -0.2) is 4.98 Å². The van der Waals surface area contributed by atoms with E-state index in [2.05, 4.69) is 19.9 Å². The molecule has 9 nitrogen and oxygen atoms in total. The number of ether oxygens (including phenoxy) is 2. The number of carbonyl (C=O) groups is 1. The van der Waals surface area contributed by atoms with Gasteiger partial charge in [-0.1, -0.05) is 0 Å². The van der Waals surface area contributed by atoms with Crippen molar-refractivity contribution in [3.8, 4) is 11.9 Å². The maximum Gasteiger partial charge on any atom is 0.321 e. The summed E-state index contributed by atoms with van der Waals surface area (Å²) in [5, 5.41) is 0. The minimum atomic E-state index is -0.507. The molecule has 1 amide bonds. The third-order valence-electron chi connectivity index (χ3n) is 3.71. The average molecular weight is 318 g/mol. The topological polar surface area (TPSA) is 108 Å². The first-order valence-corrected chi connectivity index (χ1v) is 7.18. The monoisotopic (exact) mass is 318 g/mol. The van der Waals surface area contributed by atoms with E-state index in [1.807, 2.05) is 4.57 Å². The maximum absolute atomic E-state index is 11.2. The number of aromatic nitrogens is 4. The zero-order chi connectivity index (χ0) is 16.4. The number of imidazole rings is 1. The Bertz CT molecular complexity index is 682. The van der Waals surface area contributed by atoms with Gasteiger partial charge in [0.25, 0.3) is 5.91 Å². The Balaban J connectivity index is 1.82. The third kappa shape index (κ3) is 3.03. The first kappa shape index (κ1) is 15.1. The number of nitrogens with two attached hydrogens (primary N) is 1. The molecule has 9 heteroatoms.